The second kappa shape index (κ2) is 11.9. The fourth-order valence-corrected chi connectivity index (χ4v) is 2.82. The van der Waals surface area contributed by atoms with Gasteiger partial charge in [-0.15, -0.1) is 0 Å². The Labute approximate surface area is 191 Å². The van der Waals surface area contributed by atoms with E-state index in [2.05, 4.69) is 5.32 Å². The van der Waals surface area contributed by atoms with E-state index in [1.54, 1.807) is 20.8 Å². The topological polar surface area (TPSA) is 117 Å². The molecule has 1 aromatic rings. The lowest BCUT2D eigenvalue weighted by molar-refractivity contribution is -0.153. The highest BCUT2D eigenvalue weighted by atomic mass is 16.6. The monoisotopic (exact) mass is 450 g/mol. The van der Waals surface area contributed by atoms with E-state index in [0.29, 0.717) is 13.0 Å². The van der Waals surface area contributed by atoms with Gasteiger partial charge in [-0.3, -0.25) is 9.59 Å². The van der Waals surface area contributed by atoms with Crippen LogP contribution in [0.4, 0.5) is 4.79 Å². The Morgan fingerprint density at radius 3 is 1.97 bits per heavy atom. The minimum atomic E-state index is -0.635. The Hall–Kier alpha value is -2.61. The molecule has 0 heterocycles. The van der Waals surface area contributed by atoms with E-state index in [-0.39, 0.29) is 24.9 Å². The summed E-state index contributed by atoms with van der Waals surface area (Å²) >= 11 is 0. The van der Waals surface area contributed by atoms with Crippen molar-refractivity contribution in [3.05, 3.63) is 35.4 Å². The molecule has 0 saturated heterocycles. The van der Waals surface area contributed by atoms with Gasteiger partial charge in [-0.05, 0) is 66.0 Å². The Balaban J connectivity index is 2.66. The number of primary amides is 1. The first-order chi connectivity index (χ1) is 14.6. The van der Waals surface area contributed by atoms with Crippen LogP contribution in [0.25, 0.3) is 0 Å². The first-order valence-electron chi connectivity index (χ1n) is 10.8. The second-order valence-corrected chi connectivity index (χ2v) is 9.85. The molecule has 0 saturated carbocycles. The minimum Gasteiger partial charge on any atom is -0.460 e. The third-order valence-corrected chi connectivity index (χ3v) is 4.27. The van der Waals surface area contributed by atoms with E-state index < -0.39 is 29.2 Å². The third kappa shape index (κ3) is 12.3. The van der Waals surface area contributed by atoms with Gasteiger partial charge in [0.25, 0.3) is 0 Å². The fraction of sp³-hybridized carbons (Fsp3) is 0.625. The van der Waals surface area contributed by atoms with Crippen LogP contribution in [0.1, 0.15) is 72.4 Å². The SMILES string of the molecule is C[C@@H](OCc1ccc(CC(=O)OC(C)(C)C)cc1)[C@H](CCC(N)=O)NC(=O)OC(C)(C)C. The third-order valence-electron chi connectivity index (χ3n) is 4.27. The van der Waals surface area contributed by atoms with Crippen LogP contribution in [0.15, 0.2) is 24.3 Å². The van der Waals surface area contributed by atoms with Gasteiger partial charge in [0.15, 0.2) is 0 Å². The van der Waals surface area contributed by atoms with Crippen molar-refractivity contribution in [2.75, 3.05) is 0 Å². The molecule has 0 radical (unpaired) electrons. The lowest BCUT2D eigenvalue weighted by Gasteiger charge is -2.27. The summed E-state index contributed by atoms with van der Waals surface area (Å²) in [4.78, 5) is 35.3. The molecule has 2 amide bonds. The summed E-state index contributed by atoms with van der Waals surface area (Å²) in [5.74, 6) is -0.727. The van der Waals surface area contributed by atoms with Gasteiger partial charge in [-0.25, -0.2) is 4.79 Å². The van der Waals surface area contributed by atoms with Crippen LogP contribution in [-0.2, 0) is 36.8 Å². The van der Waals surface area contributed by atoms with Crippen molar-refractivity contribution in [3.63, 3.8) is 0 Å². The highest BCUT2D eigenvalue weighted by Crippen LogP contribution is 2.14. The summed E-state index contributed by atoms with van der Waals surface area (Å²) in [5, 5.41) is 2.77. The number of carbonyl (C=O) groups is 3. The molecular formula is C24H38N2O6. The Morgan fingerprint density at radius 1 is 0.938 bits per heavy atom. The van der Waals surface area contributed by atoms with Crippen molar-refractivity contribution in [1.29, 1.82) is 0 Å². The van der Waals surface area contributed by atoms with Crippen molar-refractivity contribution in [1.82, 2.24) is 5.32 Å². The number of esters is 1. The number of amides is 2. The number of alkyl carbamates (subject to hydrolysis) is 1. The maximum absolute atomic E-state index is 12.2. The molecule has 1 aromatic carbocycles. The zero-order valence-electron chi connectivity index (χ0n) is 20.3. The van der Waals surface area contributed by atoms with Crippen molar-refractivity contribution in [2.24, 2.45) is 5.73 Å². The van der Waals surface area contributed by atoms with Gasteiger partial charge in [0.1, 0.15) is 11.2 Å². The minimum absolute atomic E-state index is 0.119. The average molecular weight is 451 g/mol. The van der Waals surface area contributed by atoms with E-state index in [4.69, 9.17) is 19.9 Å². The predicted octanol–water partition coefficient (Wildman–Crippen LogP) is 3.63. The first kappa shape index (κ1) is 27.4. The highest BCUT2D eigenvalue weighted by molar-refractivity contribution is 5.74. The average Bonchev–Trinajstić information content (AvgIpc) is 2.61. The molecule has 0 bridgehead atoms. The zero-order valence-corrected chi connectivity index (χ0v) is 20.3. The van der Waals surface area contributed by atoms with Crippen molar-refractivity contribution < 1.29 is 28.6 Å². The lowest BCUT2D eigenvalue weighted by Crippen LogP contribution is -2.45. The summed E-state index contributed by atoms with van der Waals surface area (Å²) in [6.07, 6.45) is -0.306. The van der Waals surface area contributed by atoms with Gasteiger partial charge < -0.3 is 25.3 Å². The molecule has 0 fully saturated rings. The number of carbonyl (C=O) groups excluding carboxylic acids is 3. The molecular weight excluding hydrogens is 412 g/mol. The maximum atomic E-state index is 12.2. The van der Waals surface area contributed by atoms with Gasteiger partial charge >= 0.3 is 12.1 Å². The van der Waals surface area contributed by atoms with Crippen molar-refractivity contribution >= 4 is 18.0 Å². The molecule has 8 heteroatoms. The molecule has 0 aliphatic carbocycles. The maximum Gasteiger partial charge on any atom is 0.407 e. The van der Waals surface area contributed by atoms with Crippen LogP contribution < -0.4 is 11.1 Å². The van der Waals surface area contributed by atoms with Crippen molar-refractivity contribution in [2.45, 2.75) is 97.7 Å². The highest BCUT2D eigenvalue weighted by Gasteiger charge is 2.24. The molecule has 180 valence electrons. The molecule has 8 nitrogen and oxygen atoms in total. The summed E-state index contributed by atoms with van der Waals surface area (Å²) in [6.45, 7) is 13.0. The number of hydrogen-bond acceptors (Lipinski definition) is 6. The largest absolute Gasteiger partial charge is 0.460 e. The van der Waals surface area contributed by atoms with Crippen molar-refractivity contribution in [3.8, 4) is 0 Å². The Morgan fingerprint density at radius 2 is 1.47 bits per heavy atom. The number of rotatable bonds is 10. The van der Waals surface area contributed by atoms with Gasteiger partial charge in [0.05, 0.1) is 25.2 Å². The quantitative estimate of drug-likeness (QED) is 0.526. The van der Waals surface area contributed by atoms with E-state index in [1.165, 1.54) is 0 Å². The predicted molar refractivity (Wildman–Crippen MR) is 122 cm³/mol. The molecule has 2 atom stereocenters. The van der Waals surface area contributed by atoms with Gasteiger partial charge in [0, 0.05) is 6.42 Å². The summed E-state index contributed by atoms with van der Waals surface area (Å²) in [5.41, 5.74) is 5.88. The van der Waals surface area contributed by atoms with Crippen LogP contribution in [0.5, 0.6) is 0 Å². The first-order valence-corrected chi connectivity index (χ1v) is 10.8. The lowest BCUT2D eigenvalue weighted by atomic mass is 10.1. The Kier molecular flexibility index (Phi) is 10.2. The van der Waals surface area contributed by atoms with E-state index in [1.807, 2.05) is 52.0 Å². The number of hydrogen-bond donors (Lipinski definition) is 2. The molecule has 0 aliphatic rings. The van der Waals surface area contributed by atoms with E-state index >= 15 is 0 Å². The Bertz CT molecular complexity index is 762. The number of nitrogens with two attached hydrogens (primary N) is 1. The van der Waals surface area contributed by atoms with E-state index in [9.17, 15) is 14.4 Å². The molecule has 0 aromatic heterocycles. The number of nitrogens with one attached hydrogen (secondary N) is 1. The van der Waals surface area contributed by atoms with Gasteiger partial charge in [-0.1, -0.05) is 24.3 Å². The normalized spacial score (nSPS) is 13.7. The molecule has 32 heavy (non-hydrogen) atoms. The summed E-state index contributed by atoms with van der Waals surface area (Å²) in [7, 11) is 0. The fourth-order valence-electron chi connectivity index (χ4n) is 2.82. The molecule has 1 rings (SSSR count). The van der Waals surface area contributed by atoms with Crippen LogP contribution >= 0.6 is 0 Å². The standard InChI is InChI=1S/C24H38N2O6/c1-16(19(12-13-20(25)27)26-22(29)32-24(5,6)7)30-15-18-10-8-17(9-11-18)14-21(28)31-23(2,3)4/h8-11,16,19H,12-15H2,1-7H3,(H2,25,27)(H,26,29)/t16-,19+/m1/s1. The van der Waals surface area contributed by atoms with Crippen LogP contribution in [0.2, 0.25) is 0 Å². The molecule has 0 aliphatic heterocycles. The second-order valence-electron chi connectivity index (χ2n) is 9.85. The summed E-state index contributed by atoms with van der Waals surface area (Å²) in [6, 6.07) is 7.04. The van der Waals surface area contributed by atoms with Crippen LogP contribution in [0.3, 0.4) is 0 Å². The zero-order chi connectivity index (χ0) is 24.5. The van der Waals surface area contributed by atoms with Crippen LogP contribution in [0, 0.1) is 0 Å². The molecule has 3 N–H and O–H groups in total. The smallest absolute Gasteiger partial charge is 0.407 e. The molecule has 0 spiro atoms. The number of benzene rings is 1. The van der Waals surface area contributed by atoms with Crippen LogP contribution in [-0.4, -0.2) is 41.3 Å². The van der Waals surface area contributed by atoms with E-state index in [0.717, 1.165) is 11.1 Å². The van der Waals surface area contributed by atoms with Gasteiger partial charge in [-0.2, -0.15) is 0 Å². The number of ether oxygens (including phenoxy) is 3. The van der Waals surface area contributed by atoms with Gasteiger partial charge in [0.2, 0.25) is 5.91 Å². The molecule has 0 unspecified atom stereocenters. The summed E-state index contributed by atoms with van der Waals surface area (Å²) < 4.78 is 16.6.